The number of anilines is 1. The van der Waals surface area contributed by atoms with Crippen molar-refractivity contribution in [3.63, 3.8) is 0 Å². The van der Waals surface area contributed by atoms with Gasteiger partial charge in [0.2, 0.25) is 5.82 Å². The summed E-state index contributed by atoms with van der Waals surface area (Å²) in [7, 11) is 1.59. The fourth-order valence-electron chi connectivity index (χ4n) is 2.00. The smallest absolute Gasteiger partial charge is 0.262 e. The van der Waals surface area contributed by atoms with E-state index in [1.54, 1.807) is 55.6 Å². The van der Waals surface area contributed by atoms with Crippen LogP contribution in [0.1, 0.15) is 0 Å². The summed E-state index contributed by atoms with van der Waals surface area (Å²) >= 11 is 0. The van der Waals surface area contributed by atoms with E-state index in [1.807, 2.05) is 0 Å². The molecule has 1 aromatic heterocycles. The summed E-state index contributed by atoms with van der Waals surface area (Å²) < 4.78 is 10.5. The van der Waals surface area contributed by atoms with Gasteiger partial charge in [0.15, 0.2) is 6.61 Å². The number of hydrogen-bond donors (Lipinski definition) is 2. The number of methoxy groups -OCH3 is 1. The maximum atomic E-state index is 11.9. The first-order valence-corrected chi connectivity index (χ1v) is 7.15. The Balaban J connectivity index is 1.52. The maximum absolute atomic E-state index is 11.9. The molecule has 0 unspecified atom stereocenters. The Hall–Kier alpha value is -3.42. The van der Waals surface area contributed by atoms with Gasteiger partial charge in [-0.15, -0.1) is 10.2 Å². The number of carbonyl (C=O) groups is 1. The molecule has 3 rings (SSSR count). The predicted molar refractivity (Wildman–Crippen MR) is 86.7 cm³/mol. The Morgan fingerprint density at radius 2 is 1.79 bits per heavy atom. The second-order valence-corrected chi connectivity index (χ2v) is 4.83. The van der Waals surface area contributed by atoms with Crippen LogP contribution in [-0.4, -0.2) is 40.2 Å². The molecule has 3 aromatic rings. The first-order valence-electron chi connectivity index (χ1n) is 7.15. The van der Waals surface area contributed by atoms with Crippen LogP contribution in [0.15, 0.2) is 48.5 Å². The number of H-pyrrole nitrogens is 1. The standard InChI is InChI=1S/C16H15N5O3/c1-23-13-6-8-14(9-7-13)24-10-15(22)17-12-4-2-11(3-5-12)16-18-20-21-19-16/h2-9H,10H2,1H3,(H,17,22)(H,18,19,20,21). The van der Waals surface area contributed by atoms with Crippen LogP contribution in [-0.2, 0) is 4.79 Å². The third kappa shape index (κ3) is 3.86. The molecule has 0 atom stereocenters. The summed E-state index contributed by atoms with van der Waals surface area (Å²) in [6.07, 6.45) is 0. The number of tetrazole rings is 1. The lowest BCUT2D eigenvalue weighted by Crippen LogP contribution is -2.20. The Labute approximate surface area is 137 Å². The normalized spacial score (nSPS) is 10.2. The number of hydrogen-bond acceptors (Lipinski definition) is 6. The summed E-state index contributed by atoms with van der Waals surface area (Å²) in [6.45, 7) is -0.0844. The maximum Gasteiger partial charge on any atom is 0.262 e. The van der Waals surface area contributed by atoms with Crippen molar-refractivity contribution >= 4 is 11.6 Å². The van der Waals surface area contributed by atoms with E-state index >= 15 is 0 Å². The van der Waals surface area contributed by atoms with Crippen molar-refractivity contribution in [3.05, 3.63) is 48.5 Å². The number of ether oxygens (including phenoxy) is 2. The lowest BCUT2D eigenvalue weighted by Gasteiger charge is -2.08. The van der Waals surface area contributed by atoms with Gasteiger partial charge < -0.3 is 14.8 Å². The van der Waals surface area contributed by atoms with Gasteiger partial charge >= 0.3 is 0 Å². The van der Waals surface area contributed by atoms with Gasteiger partial charge in [0.25, 0.3) is 5.91 Å². The molecule has 0 fully saturated rings. The summed E-state index contributed by atoms with van der Waals surface area (Å²) in [6, 6.07) is 14.1. The average Bonchev–Trinajstić information content (AvgIpc) is 3.16. The van der Waals surface area contributed by atoms with Crippen molar-refractivity contribution in [2.24, 2.45) is 0 Å². The van der Waals surface area contributed by atoms with Crippen LogP contribution in [0, 0.1) is 0 Å². The fraction of sp³-hybridized carbons (Fsp3) is 0.125. The van der Waals surface area contributed by atoms with Gasteiger partial charge in [0, 0.05) is 11.3 Å². The van der Waals surface area contributed by atoms with Gasteiger partial charge in [-0.05, 0) is 53.7 Å². The third-order valence-corrected chi connectivity index (χ3v) is 3.20. The summed E-state index contributed by atoms with van der Waals surface area (Å²) in [5.74, 6) is 1.57. The molecular weight excluding hydrogens is 310 g/mol. The third-order valence-electron chi connectivity index (χ3n) is 3.20. The number of amides is 1. The highest BCUT2D eigenvalue weighted by Crippen LogP contribution is 2.18. The summed E-state index contributed by atoms with van der Waals surface area (Å²) in [4.78, 5) is 11.9. The molecule has 0 aliphatic rings. The second-order valence-electron chi connectivity index (χ2n) is 4.83. The lowest BCUT2D eigenvalue weighted by atomic mass is 10.2. The zero-order valence-electron chi connectivity index (χ0n) is 12.9. The summed E-state index contributed by atoms with van der Waals surface area (Å²) in [5.41, 5.74) is 1.46. The van der Waals surface area contributed by atoms with Gasteiger partial charge in [-0.25, -0.2) is 0 Å². The van der Waals surface area contributed by atoms with Gasteiger partial charge in [0.1, 0.15) is 11.5 Å². The highest BCUT2D eigenvalue weighted by atomic mass is 16.5. The minimum absolute atomic E-state index is 0.0844. The number of nitrogens with zero attached hydrogens (tertiary/aromatic N) is 3. The lowest BCUT2D eigenvalue weighted by molar-refractivity contribution is -0.118. The van der Waals surface area contributed by atoms with Crippen LogP contribution in [0.2, 0.25) is 0 Å². The quantitative estimate of drug-likeness (QED) is 0.717. The van der Waals surface area contributed by atoms with Crippen molar-refractivity contribution in [1.29, 1.82) is 0 Å². The van der Waals surface area contributed by atoms with E-state index in [2.05, 4.69) is 25.9 Å². The minimum atomic E-state index is -0.252. The molecule has 0 saturated carbocycles. The number of rotatable bonds is 6. The van der Waals surface area contributed by atoms with Crippen molar-refractivity contribution in [1.82, 2.24) is 20.6 Å². The first-order chi connectivity index (χ1) is 11.7. The number of aromatic amines is 1. The van der Waals surface area contributed by atoms with Gasteiger partial charge in [-0.2, -0.15) is 5.21 Å². The minimum Gasteiger partial charge on any atom is -0.497 e. The van der Waals surface area contributed by atoms with E-state index in [0.29, 0.717) is 17.3 Å². The average molecular weight is 325 g/mol. The number of aromatic nitrogens is 4. The Morgan fingerprint density at radius 3 is 2.42 bits per heavy atom. The van der Waals surface area contributed by atoms with Crippen molar-refractivity contribution in [2.45, 2.75) is 0 Å². The molecule has 1 heterocycles. The fourth-order valence-corrected chi connectivity index (χ4v) is 2.00. The molecule has 0 bridgehead atoms. The molecule has 0 saturated heterocycles. The molecule has 0 spiro atoms. The first kappa shape index (κ1) is 15.5. The van der Waals surface area contributed by atoms with Gasteiger partial charge in [-0.1, -0.05) is 0 Å². The largest absolute Gasteiger partial charge is 0.497 e. The monoisotopic (exact) mass is 325 g/mol. The van der Waals surface area contributed by atoms with Gasteiger partial charge in [-0.3, -0.25) is 4.79 Å². The Kier molecular flexibility index (Phi) is 4.66. The summed E-state index contributed by atoms with van der Waals surface area (Å²) in [5, 5.41) is 16.4. The predicted octanol–water partition coefficient (Wildman–Crippen LogP) is 1.89. The van der Waals surface area contributed by atoms with Crippen LogP contribution in [0.4, 0.5) is 5.69 Å². The zero-order valence-corrected chi connectivity index (χ0v) is 12.9. The van der Waals surface area contributed by atoms with Crippen molar-refractivity contribution in [2.75, 3.05) is 19.0 Å². The number of nitrogens with one attached hydrogen (secondary N) is 2. The van der Waals surface area contributed by atoms with Crippen molar-refractivity contribution < 1.29 is 14.3 Å². The molecule has 0 aliphatic heterocycles. The van der Waals surface area contributed by atoms with Crippen LogP contribution in [0.3, 0.4) is 0 Å². The van der Waals surface area contributed by atoms with Crippen LogP contribution < -0.4 is 14.8 Å². The molecule has 2 aromatic carbocycles. The van der Waals surface area contributed by atoms with E-state index in [9.17, 15) is 4.79 Å². The molecule has 1 amide bonds. The topological polar surface area (TPSA) is 102 Å². The van der Waals surface area contributed by atoms with E-state index in [1.165, 1.54) is 0 Å². The Morgan fingerprint density at radius 1 is 1.08 bits per heavy atom. The van der Waals surface area contributed by atoms with Crippen LogP contribution >= 0.6 is 0 Å². The molecule has 2 N–H and O–H groups in total. The molecule has 24 heavy (non-hydrogen) atoms. The van der Waals surface area contributed by atoms with E-state index in [0.717, 1.165) is 11.3 Å². The van der Waals surface area contributed by atoms with E-state index in [-0.39, 0.29) is 12.5 Å². The Bertz CT molecular complexity index is 786. The molecule has 0 radical (unpaired) electrons. The van der Waals surface area contributed by atoms with Crippen LogP contribution in [0.25, 0.3) is 11.4 Å². The highest BCUT2D eigenvalue weighted by Gasteiger charge is 2.06. The zero-order chi connectivity index (χ0) is 16.8. The highest BCUT2D eigenvalue weighted by molar-refractivity contribution is 5.92. The molecular formula is C16H15N5O3. The number of carbonyl (C=O) groups excluding carboxylic acids is 1. The molecule has 8 nitrogen and oxygen atoms in total. The van der Waals surface area contributed by atoms with Gasteiger partial charge in [0.05, 0.1) is 7.11 Å². The molecule has 122 valence electrons. The van der Waals surface area contributed by atoms with E-state index in [4.69, 9.17) is 9.47 Å². The van der Waals surface area contributed by atoms with Crippen molar-refractivity contribution in [3.8, 4) is 22.9 Å². The van der Waals surface area contributed by atoms with Crippen LogP contribution in [0.5, 0.6) is 11.5 Å². The number of benzene rings is 2. The molecule has 0 aliphatic carbocycles. The molecule has 8 heteroatoms. The van der Waals surface area contributed by atoms with E-state index < -0.39 is 0 Å². The SMILES string of the molecule is COc1ccc(OCC(=O)Nc2ccc(-c3nn[nH]n3)cc2)cc1. The second kappa shape index (κ2) is 7.23.